The highest BCUT2D eigenvalue weighted by Crippen LogP contribution is 2.35. The number of nitrogens with zero attached hydrogens (tertiary/aromatic N) is 2. The van der Waals surface area contributed by atoms with Gasteiger partial charge in [-0.05, 0) is 35.0 Å². The van der Waals surface area contributed by atoms with Crippen molar-refractivity contribution >= 4 is 40.3 Å². The highest BCUT2D eigenvalue weighted by Gasteiger charge is 2.34. The molecule has 4 heterocycles. The number of hydrogen-bond acceptors (Lipinski definition) is 7. The van der Waals surface area contributed by atoms with E-state index in [9.17, 15) is 9.59 Å². The van der Waals surface area contributed by atoms with E-state index in [0.717, 1.165) is 15.5 Å². The molecule has 132 valence electrons. The Morgan fingerprint density at radius 2 is 2.04 bits per heavy atom. The lowest BCUT2D eigenvalue weighted by Crippen LogP contribution is -2.31. The van der Waals surface area contributed by atoms with Gasteiger partial charge in [0.2, 0.25) is 5.76 Å². The van der Waals surface area contributed by atoms with Gasteiger partial charge in [0.25, 0.3) is 5.91 Å². The summed E-state index contributed by atoms with van der Waals surface area (Å²) in [5.74, 6) is -0.968. The van der Waals surface area contributed by atoms with Crippen molar-refractivity contribution in [3.8, 4) is 0 Å². The van der Waals surface area contributed by atoms with Crippen LogP contribution in [0.4, 0.5) is 0 Å². The normalized spacial score (nSPS) is 16.5. The molecule has 0 saturated carbocycles. The van der Waals surface area contributed by atoms with Gasteiger partial charge in [-0.25, -0.2) is 9.80 Å². The Labute approximate surface area is 157 Å². The first kappa shape index (κ1) is 16.7. The third kappa shape index (κ3) is 3.33. The molecule has 0 spiro atoms. The quantitative estimate of drug-likeness (QED) is 0.623. The van der Waals surface area contributed by atoms with E-state index in [-0.39, 0.29) is 24.3 Å². The molecule has 4 rings (SSSR count). The van der Waals surface area contributed by atoms with Crippen LogP contribution in [0.15, 0.2) is 62.9 Å². The van der Waals surface area contributed by atoms with Crippen LogP contribution in [0.5, 0.6) is 0 Å². The van der Waals surface area contributed by atoms with Crippen molar-refractivity contribution in [1.82, 2.24) is 5.01 Å². The summed E-state index contributed by atoms with van der Waals surface area (Å²) in [6.45, 7) is -0.386. The standard InChI is InChI=1S/C18H14N2O4S2/c21-17(11-24-18(22)14-4-1-7-23-14)20-13(16-6-3-9-26-16)10-12(19-20)15-5-2-8-25-15/h1-9,13H,10-11H2/t13-/m1/s1. The number of carbonyl (C=O) groups excluding carboxylic acids is 2. The van der Waals surface area contributed by atoms with Crippen LogP contribution in [0, 0.1) is 0 Å². The SMILES string of the molecule is O=C(OCC(=O)N1N=C(c2cccs2)C[C@@H]1c1cccs1)c1ccco1. The second-order valence-corrected chi connectivity index (χ2v) is 7.48. The Hall–Kier alpha value is -2.71. The largest absolute Gasteiger partial charge is 0.457 e. The van der Waals surface area contributed by atoms with Crippen LogP contribution in [0.2, 0.25) is 0 Å². The van der Waals surface area contributed by atoms with Gasteiger partial charge in [0.15, 0.2) is 6.61 Å². The lowest BCUT2D eigenvalue weighted by Gasteiger charge is -2.20. The lowest BCUT2D eigenvalue weighted by atomic mass is 10.1. The highest BCUT2D eigenvalue weighted by molar-refractivity contribution is 7.12. The van der Waals surface area contributed by atoms with E-state index >= 15 is 0 Å². The molecule has 1 atom stereocenters. The van der Waals surface area contributed by atoms with Crippen LogP contribution in [-0.4, -0.2) is 29.2 Å². The molecule has 0 aliphatic carbocycles. The zero-order valence-corrected chi connectivity index (χ0v) is 15.2. The molecule has 0 aromatic carbocycles. The molecule has 0 unspecified atom stereocenters. The monoisotopic (exact) mass is 386 g/mol. The van der Waals surface area contributed by atoms with E-state index in [2.05, 4.69) is 5.10 Å². The van der Waals surface area contributed by atoms with E-state index in [1.807, 2.05) is 35.0 Å². The number of rotatable bonds is 5. The van der Waals surface area contributed by atoms with E-state index in [4.69, 9.17) is 9.15 Å². The molecule has 8 heteroatoms. The number of hydrazone groups is 1. The predicted molar refractivity (Wildman–Crippen MR) is 98.4 cm³/mol. The van der Waals surface area contributed by atoms with Gasteiger partial charge in [-0.1, -0.05) is 12.1 Å². The van der Waals surface area contributed by atoms with E-state index in [1.54, 1.807) is 28.7 Å². The fourth-order valence-corrected chi connectivity index (χ4v) is 4.23. The number of amides is 1. The summed E-state index contributed by atoms with van der Waals surface area (Å²) in [6.07, 6.45) is 2.02. The summed E-state index contributed by atoms with van der Waals surface area (Å²) < 4.78 is 10.0. The predicted octanol–water partition coefficient (Wildman–Crippen LogP) is 3.94. The lowest BCUT2D eigenvalue weighted by molar-refractivity contribution is -0.136. The summed E-state index contributed by atoms with van der Waals surface area (Å²) >= 11 is 3.16. The van der Waals surface area contributed by atoms with Crippen LogP contribution < -0.4 is 0 Å². The summed E-state index contributed by atoms with van der Waals surface area (Å²) in [7, 11) is 0. The average Bonchev–Trinajstić information content (AvgIpc) is 3.42. The van der Waals surface area contributed by atoms with Gasteiger partial charge in [0.1, 0.15) is 0 Å². The molecule has 26 heavy (non-hydrogen) atoms. The minimum atomic E-state index is -0.669. The van der Waals surface area contributed by atoms with Crippen molar-refractivity contribution < 1.29 is 18.7 Å². The summed E-state index contributed by atoms with van der Waals surface area (Å²) in [4.78, 5) is 26.6. The number of carbonyl (C=O) groups is 2. The maximum atomic E-state index is 12.7. The topological polar surface area (TPSA) is 72.1 Å². The Balaban J connectivity index is 1.50. The summed E-state index contributed by atoms with van der Waals surface area (Å²) in [6, 6.07) is 10.8. The molecule has 1 aliphatic rings. The first-order valence-electron chi connectivity index (χ1n) is 7.90. The molecule has 0 radical (unpaired) electrons. The van der Waals surface area contributed by atoms with Crippen LogP contribution in [0.3, 0.4) is 0 Å². The molecule has 3 aromatic rings. The minimum Gasteiger partial charge on any atom is -0.457 e. The van der Waals surface area contributed by atoms with Crippen molar-refractivity contribution in [1.29, 1.82) is 0 Å². The van der Waals surface area contributed by atoms with Gasteiger partial charge in [-0.2, -0.15) is 5.10 Å². The first-order chi connectivity index (χ1) is 12.7. The molecule has 1 amide bonds. The Morgan fingerprint density at radius 1 is 1.19 bits per heavy atom. The fraction of sp³-hybridized carbons (Fsp3) is 0.167. The van der Waals surface area contributed by atoms with Crippen LogP contribution in [0.1, 0.15) is 32.8 Å². The third-order valence-electron chi connectivity index (χ3n) is 3.89. The Bertz CT molecular complexity index is 915. The number of ether oxygens (including phenoxy) is 1. The Kier molecular flexibility index (Phi) is 4.68. The molecule has 0 fully saturated rings. The fourth-order valence-electron chi connectivity index (χ4n) is 2.69. The van der Waals surface area contributed by atoms with Crippen molar-refractivity contribution in [2.24, 2.45) is 5.10 Å². The Morgan fingerprint density at radius 3 is 2.73 bits per heavy atom. The second kappa shape index (κ2) is 7.27. The van der Waals surface area contributed by atoms with Crippen molar-refractivity contribution in [2.45, 2.75) is 12.5 Å². The van der Waals surface area contributed by atoms with E-state index in [0.29, 0.717) is 6.42 Å². The van der Waals surface area contributed by atoms with Gasteiger partial charge in [0.05, 0.1) is 22.9 Å². The first-order valence-corrected chi connectivity index (χ1v) is 9.66. The van der Waals surface area contributed by atoms with E-state index in [1.165, 1.54) is 17.3 Å². The molecule has 6 nitrogen and oxygen atoms in total. The van der Waals surface area contributed by atoms with Gasteiger partial charge >= 0.3 is 5.97 Å². The van der Waals surface area contributed by atoms with Crippen LogP contribution in [-0.2, 0) is 9.53 Å². The smallest absolute Gasteiger partial charge is 0.374 e. The molecular weight excluding hydrogens is 372 g/mol. The molecule has 0 bridgehead atoms. The van der Waals surface area contributed by atoms with Gasteiger partial charge in [-0.15, -0.1) is 22.7 Å². The molecule has 0 N–H and O–H groups in total. The summed E-state index contributed by atoms with van der Waals surface area (Å²) in [5, 5.41) is 9.89. The summed E-state index contributed by atoms with van der Waals surface area (Å²) in [5.41, 5.74) is 0.865. The maximum absolute atomic E-state index is 12.7. The zero-order chi connectivity index (χ0) is 17.9. The number of furan rings is 1. The number of thiophene rings is 2. The second-order valence-electron chi connectivity index (χ2n) is 5.55. The number of hydrogen-bond donors (Lipinski definition) is 0. The third-order valence-corrected chi connectivity index (χ3v) is 5.78. The number of esters is 1. The van der Waals surface area contributed by atoms with Crippen LogP contribution >= 0.6 is 22.7 Å². The van der Waals surface area contributed by atoms with E-state index < -0.39 is 5.97 Å². The highest BCUT2D eigenvalue weighted by atomic mass is 32.1. The minimum absolute atomic E-state index is 0.0665. The molecule has 3 aromatic heterocycles. The molecule has 1 aliphatic heterocycles. The van der Waals surface area contributed by atoms with Crippen LogP contribution in [0.25, 0.3) is 0 Å². The molecular formula is C18H14N2O4S2. The van der Waals surface area contributed by atoms with Crippen molar-refractivity contribution in [3.63, 3.8) is 0 Å². The van der Waals surface area contributed by atoms with Crippen molar-refractivity contribution in [3.05, 3.63) is 68.9 Å². The van der Waals surface area contributed by atoms with Gasteiger partial charge < -0.3 is 9.15 Å². The van der Waals surface area contributed by atoms with Crippen molar-refractivity contribution in [2.75, 3.05) is 6.61 Å². The zero-order valence-electron chi connectivity index (χ0n) is 13.5. The van der Waals surface area contributed by atoms with Gasteiger partial charge in [-0.3, -0.25) is 4.79 Å². The average molecular weight is 386 g/mol. The molecule has 0 saturated heterocycles. The van der Waals surface area contributed by atoms with Gasteiger partial charge in [0, 0.05) is 11.3 Å². The maximum Gasteiger partial charge on any atom is 0.374 e.